The standard InChI is InChI=1S/C24H22N4O6/c1-24(20-6-4-12-34-20)22(30)27(23(31)25-24)14-21(29)28-18(19-5-3-11-33-19)13-17(26-28)15-7-9-16(32-2)10-8-15/h3-12,18H,13-14H2,1-2H3,(H,25,31)/t18-,24+/m0/s1. The van der Waals surface area contributed by atoms with Crippen molar-refractivity contribution >= 4 is 23.6 Å². The lowest BCUT2D eigenvalue weighted by Gasteiger charge is -2.23. The Kier molecular flexibility index (Phi) is 5.20. The van der Waals surface area contributed by atoms with Gasteiger partial charge in [0.05, 0.1) is 25.3 Å². The number of methoxy groups -OCH3 is 1. The first-order valence-electron chi connectivity index (χ1n) is 10.7. The van der Waals surface area contributed by atoms with E-state index in [1.54, 1.807) is 31.4 Å². The van der Waals surface area contributed by atoms with Gasteiger partial charge in [0.25, 0.3) is 11.8 Å². The summed E-state index contributed by atoms with van der Waals surface area (Å²) in [4.78, 5) is 39.9. The molecule has 5 rings (SSSR count). The fraction of sp³-hybridized carbons (Fsp3) is 0.250. The van der Waals surface area contributed by atoms with E-state index in [-0.39, 0.29) is 5.76 Å². The second-order valence-corrected chi connectivity index (χ2v) is 8.17. The van der Waals surface area contributed by atoms with E-state index in [0.717, 1.165) is 10.5 Å². The number of benzene rings is 1. The molecule has 10 heteroatoms. The summed E-state index contributed by atoms with van der Waals surface area (Å²) in [7, 11) is 1.59. The molecule has 0 unspecified atom stereocenters. The van der Waals surface area contributed by atoms with Crippen LogP contribution in [0.15, 0.2) is 75.0 Å². The van der Waals surface area contributed by atoms with Crippen molar-refractivity contribution in [1.82, 2.24) is 15.2 Å². The van der Waals surface area contributed by atoms with Crippen molar-refractivity contribution in [3.05, 3.63) is 78.1 Å². The Morgan fingerprint density at radius 3 is 2.53 bits per heavy atom. The predicted molar refractivity (Wildman–Crippen MR) is 119 cm³/mol. The van der Waals surface area contributed by atoms with Crippen LogP contribution >= 0.6 is 0 Å². The average Bonchev–Trinajstić information content (AvgIpc) is 3.64. The molecule has 174 valence electrons. The van der Waals surface area contributed by atoms with Gasteiger partial charge >= 0.3 is 6.03 Å². The number of rotatable bonds is 6. The molecule has 4 heterocycles. The number of urea groups is 1. The number of hydrogen-bond donors (Lipinski definition) is 1. The minimum Gasteiger partial charge on any atom is -0.497 e. The van der Waals surface area contributed by atoms with E-state index >= 15 is 0 Å². The highest BCUT2D eigenvalue weighted by atomic mass is 16.5. The Morgan fingerprint density at radius 1 is 1.15 bits per heavy atom. The Bertz CT molecular complexity index is 1250. The van der Waals surface area contributed by atoms with Gasteiger partial charge in [-0.15, -0.1) is 0 Å². The monoisotopic (exact) mass is 462 g/mol. The molecule has 2 aromatic heterocycles. The molecule has 2 aliphatic rings. The number of furan rings is 2. The molecule has 10 nitrogen and oxygen atoms in total. The van der Waals surface area contributed by atoms with Crippen molar-refractivity contribution in [3.63, 3.8) is 0 Å². The van der Waals surface area contributed by atoms with Crippen LogP contribution in [-0.4, -0.2) is 47.1 Å². The number of nitrogens with zero attached hydrogens (tertiary/aromatic N) is 3. The fourth-order valence-electron chi connectivity index (χ4n) is 4.18. The highest BCUT2D eigenvalue weighted by Gasteiger charge is 2.52. The molecule has 1 fully saturated rings. The van der Waals surface area contributed by atoms with Gasteiger partial charge in [-0.1, -0.05) is 0 Å². The van der Waals surface area contributed by atoms with Crippen molar-refractivity contribution in [1.29, 1.82) is 0 Å². The van der Waals surface area contributed by atoms with Gasteiger partial charge in [0.2, 0.25) is 0 Å². The van der Waals surface area contributed by atoms with Crippen LogP contribution in [0.1, 0.15) is 36.5 Å². The third-order valence-electron chi connectivity index (χ3n) is 6.04. The van der Waals surface area contributed by atoms with Crippen molar-refractivity contribution in [2.24, 2.45) is 5.10 Å². The number of ether oxygens (including phenoxy) is 1. The van der Waals surface area contributed by atoms with Gasteiger partial charge in [0.1, 0.15) is 29.9 Å². The summed E-state index contributed by atoms with van der Waals surface area (Å²) in [5.41, 5.74) is 0.118. The zero-order chi connectivity index (χ0) is 23.9. The molecule has 0 radical (unpaired) electrons. The molecule has 0 bridgehead atoms. The lowest BCUT2D eigenvalue weighted by Crippen LogP contribution is -2.43. The summed E-state index contributed by atoms with van der Waals surface area (Å²) in [5.74, 6) is 0.454. The number of carbonyl (C=O) groups excluding carboxylic acids is 3. The van der Waals surface area contributed by atoms with Gasteiger partial charge in [-0.25, -0.2) is 9.80 Å². The minimum atomic E-state index is -1.39. The molecule has 4 amide bonds. The van der Waals surface area contributed by atoms with Gasteiger partial charge in [-0.3, -0.25) is 14.5 Å². The molecular formula is C24H22N4O6. The zero-order valence-electron chi connectivity index (χ0n) is 18.6. The Balaban J connectivity index is 1.40. The molecule has 0 saturated carbocycles. The predicted octanol–water partition coefficient (Wildman–Crippen LogP) is 3.03. The normalized spacial score (nSPS) is 22.2. The maximum absolute atomic E-state index is 13.3. The number of hydrogen-bond acceptors (Lipinski definition) is 7. The van der Waals surface area contributed by atoms with E-state index in [0.29, 0.717) is 23.6 Å². The van der Waals surface area contributed by atoms with Crippen molar-refractivity contribution in [3.8, 4) is 5.75 Å². The quantitative estimate of drug-likeness (QED) is 0.563. The molecule has 0 spiro atoms. The number of nitrogens with one attached hydrogen (secondary N) is 1. The van der Waals surface area contributed by atoms with E-state index in [9.17, 15) is 14.4 Å². The number of imide groups is 1. The third kappa shape index (κ3) is 3.53. The van der Waals surface area contributed by atoms with E-state index < -0.39 is 36.0 Å². The Hall–Kier alpha value is -4.34. The maximum Gasteiger partial charge on any atom is 0.325 e. The first kappa shape index (κ1) is 21.5. The average molecular weight is 462 g/mol. The van der Waals surface area contributed by atoms with Gasteiger partial charge in [-0.05, 0) is 61.0 Å². The van der Waals surface area contributed by atoms with Crippen LogP contribution in [0.3, 0.4) is 0 Å². The second-order valence-electron chi connectivity index (χ2n) is 8.17. The van der Waals surface area contributed by atoms with Gasteiger partial charge < -0.3 is 18.9 Å². The molecule has 0 aliphatic carbocycles. The van der Waals surface area contributed by atoms with Crippen LogP contribution in [0.2, 0.25) is 0 Å². The van der Waals surface area contributed by atoms with Crippen molar-refractivity contribution in [2.75, 3.05) is 13.7 Å². The van der Waals surface area contributed by atoms with E-state index in [1.807, 2.05) is 24.3 Å². The molecule has 2 aliphatic heterocycles. The topological polar surface area (TPSA) is 118 Å². The van der Waals surface area contributed by atoms with Crippen LogP contribution in [0.5, 0.6) is 5.75 Å². The summed E-state index contributed by atoms with van der Waals surface area (Å²) < 4.78 is 16.1. The highest BCUT2D eigenvalue weighted by Crippen LogP contribution is 2.34. The van der Waals surface area contributed by atoms with Crippen molar-refractivity contribution < 1.29 is 28.0 Å². The first-order chi connectivity index (χ1) is 16.4. The molecule has 1 aromatic carbocycles. The molecule has 34 heavy (non-hydrogen) atoms. The lowest BCUT2D eigenvalue weighted by molar-refractivity contribution is -0.140. The van der Waals surface area contributed by atoms with E-state index in [2.05, 4.69) is 10.4 Å². The summed E-state index contributed by atoms with van der Waals surface area (Å²) in [6.07, 6.45) is 3.35. The maximum atomic E-state index is 13.3. The van der Waals surface area contributed by atoms with Gasteiger partial charge in [0, 0.05) is 6.42 Å². The number of carbonyl (C=O) groups is 3. The van der Waals surface area contributed by atoms with E-state index in [4.69, 9.17) is 13.6 Å². The molecule has 2 atom stereocenters. The smallest absolute Gasteiger partial charge is 0.325 e. The van der Waals surface area contributed by atoms with Crippen LogP contribution < -0.4 is 10.1 Å². The first-order valence-corrected chi connectivity index (χ1v) is 10.7. The number of hydrazone groups is 1. The SMILES string of the molecule is COc1ccc(C2=NN(C(=O)CN3C(=O)N[C@](C)(c4ccco4)C3=O)[C@H](c3ccco3)C2)cc1. The van der Waals surface area contributed by atoms with E-state index in [1.165, 1.54) is 24.5 Å². The second kappa shape index (κ2) is 8.22. The Labute approximate surface area is 194 Å². The summed E-state index contributed by atoms with van der Waals surface area (Å²) in [5, 5.41) is 8.44. The van der Waals surface area contributed by atoms with Crippen molar-refractivity contribution in [2.45, 2.75) is 24.9 Å². The molecule has 1 N–H and O–H groups in total. The zero-order valence-corrected chi connectivity index (χ0v) is 18.6. The minimum absolute atomic E-state index is 0.287. The molecule has 1 saturated heterocycles. The summed E-state index contributed by atoms with van der Waals surface area (Å²) in [6, 6.07) is 12.9. The number of amides is 4. The molecule has 3 aromatic rings. The largest absolute Gasteiger partial charge is 0.497 e. The third-order valence-corrected chi connectivity index (χ3v) is 6.04. The van der Waals surface area contributed by atoms with Crippen LogP contribution in [0, 0.1) is 0 Å². The Morgan fingerprint density at radius 2 is 1.88 bits per heavy atom. The van der Waals surface area contributed by atoms with Gasteiger partial charge in [0.15, 0.2) is 5.54 Å². The molecular weight excluding hydrogens is 440 g/mol. The lowest BCUT2D eigenvalue weighted by atomic mass is 9.99. The van der Waals surface area contributed by atoms with Crippen LogP contribution in [0.25, 0.3) is 0 Å². The highest BCUT2D eigenvalue weighted by molar-refractivity contribution is 6.09. The van der Waals surface area contributed by atoms with Crippen LogP contribution in [-0.2, 0) is 15.1 Å². The fourth-order valence-corrected chi connectivity index (χ4v) is 4.18. The summed E-state index contributed by atoms with van der Waals surface area (Å²) >= 11 is 0. The summed E-state index contributed by atoms with van der Waals surface area (Å²) in [6.45, 7) is 1.07. The van der Waals surface area contributed by atoms with Crippen LogP contribution in [0.4, 0.5) is 4.79 Å². The van der Waals surface area contributed by atoms with Gasteiger partial charge in [-0.2, -0.15) is 5.10 Å².